The summed E-state index contributed by atoms with van der Waals surface area (Å²) in [5.74, 6) is -0.223. The van der Waals surface area contributed by atoms with Crippen molar-refractivity contribution in [3.63, 3.8) is 0 Å². The highest BCUT2D eigenvalue weighted by Gasteiger charge is 2.09. The van der Waals surface area contributed by atoms with Gasteiger partial charge in [-0.15, -0.1) is 0 Å². The summed E-state index contributed by atoms with van der Waals surface area (Å²) in [4.78, 5) is 12.4. The molecule has 1 N–H and O–H groups in total. The number of fused-ring (bicyclic) bond motifs is 1. The smallest absolute Gasteiger partial charge is 0.271 e. The first-order valence-corrected chi connectivity index (χ1v) is 9.20. The minimum atomic E-state index is -0.223. The second-order valence-corrected chi connectivity index (χ2v) is 6.76. The van der Waals surface area contributed by atoms with Crippen molar-refractivity contribution in [3.05, 3.63) is 101 Å². The van der Waals surface area contributed by atoms with E-state index in [1.54, 1.807) is 6.21 Å². The van der Waals surface area contributed by atoms with Gasteiger partial charge in [0.25, 0.3) is 5.91 Å². The molecule has 0 aliphatic heterocycles. The van der Waals surface area contributed by atoms with E-state index in [4.69, 9.17) is 0 Å². The van der Waals surface area contributed by atoms with E-state index in [1.165, 1.54) is 0 Å². The van der Waals surface area contributed by atoms with E-state index >= 15 is 0 Å². The summed E-state index contributed by atoms with van der Waals surface area (Å²) in [6, 6.07) is 25.9. The Balaban J connectivity index is 1.52. The van der Waals surface area contributed by atoms with E-state index in [-0.39, 0.29) is 5.91 Å². The molecule has 0 spiro atoms. The summed E-state index contributed by atoms with van der Waals surface area (Å²) in [5, 5.41) is 6.31. The van der Waals surface area contributed by atoms with Gasteiger partial charge in [0, 0.05) is 28.2 Å². The van der Waals surface area contributed by atoms with Crippen LogP contribution in [0.5, 0.6) is 0 Å². The Bertz CT molecular complexity index is 1170. The van der Waals surface area contributed by atoms with Crippen LogP contribution in [0.3, 0.4) is 0 Å². The van der Waals surface area contributed by atoms with Crippen LogP contribution in [-0.2, 0) is 0 Å². The van der Waals surface area contributed by atoms with E-state index in [0.29, 0.717) is 5.56 Å². The van der Waals surface area contributed by atoms with Gasteiger partial charge in [-0.05, 0) is 55.0 Å². The summed E-state index contributed by atoms with van der Waals surface area (Å²) in [6.07, 6.45) is 1.70. The molecule has 0 radical (unpaired) electrons. The zero-order valence-electron chi connectivity index (χ0n) is 15.9. The minimum Gasteiger partial charge on any atom is -0.318 e. The number of para-hydroxylation sites is 1. The zero-order valence-corrected chi connectivity index (χ0v) is 15.9. The molecule has 138 valence electrons. The van der Waals surface area contributed by atoms with Crippen molar-refractivity contribution in [3.8, 4) is 5.69 Å². The molecular weight excluding hydrogens is 346 g/mol. The van der Waals surface area contributed by atoms with Gasteiger partial charge in [0.1, 0.15) is 0 Å². The highest BCUT2D eigenvalue weighted by molar-refractivity contribution is 5.99. The van der Waals surface area contributed by atoms with Crippen LogP contribution in [0.2, 0.25) is 0 Å². The number of benzene rings is 3. The van der Waals surface area contributed by atoms with Crippen molar-refractivity contribution in [1.82, 2.24) is 9.99 Å². The van der Waals surface area contributed by atoms with Gasteiger partial charge in [0.2, 0.25) is 0 Å². The second-order valence-electron chi connectivity index (χ2n) is 6.76. The Kier molecular flexibility index (Phi) is 4.77. The standard InChI is InChI=1S/C24H21N3O/c1-17-14-22(18(2)27(17)23-10-4-3-5-11-23)16-25-26-24(28)21-13-12-19-8-6-7-9-20(19)15-21/h3-16H,1-2H3,(H,26,28)/b25-16+. The molecular formula is C24H21N3O. The van der Waals surface area contributed by atoms with Crippen LogP contribution in [0.25, 0.3) is 16.5 Å². The Hall–Kier alpha value is -3.66. The monoisotopic (exact) mass is 367 g/mol. The normalized spacial score (nSPS) is 11.2. The van der Waals surface area contributed by atoms with E-state index in [9.17, 15) is 4.79 Å². The molecule has 1 heterocycles. The molecule has 0 saturated heterocycles. The molecule has 4 rings (SSSR count). The Morgan fingerprint density at radius 3 is 2.39 bits per heavy atom. The van der Waals surface area contributed by atoms with Gasteiger partial charge in [0.15, 0.2) is 0 Å². The molecule has 0 unspecified atom stereocenters. The highest BCUT2D eigenvalue weighted by Crippen LogP contribution is 2.19. The van der Waals surface area contributed by atoms with Gasteiger partial charge in [0.05, 0.1) is 6.21 Å². The van der Waals surface area contributed by atoms with Crippen LogP contribution in [0.15, 0.2) is 84.0 Å². The number of aromatic nitrogens is 1. The maximum atomic E-state index is 12.4. The number of nitrogens with zero attached hydrogens (tertiary/aromatic N) is 2. The van der Waals surface area contributed by atoms with Crippen LogP contribution >= 0.6 is 0 Å². The molecule has 4 heteroatoms. The molecule has 4 nitrogen and oxygen atoms in total. The first-order chi connectivity index (χ1) is 13.6. The van der Waals surface area contributed by atoms with E-state index < -0.39 is 0 Å². The van der Waals surface area contributed by atoms with Crippen LogP contribution in [0.1, 0.15) is 27.3 Å². The number of carbonyl (C=O) groups is 1. The first kappa shape index (κ1) is 17.7. The SMILES string of the molecule is Cc1cc(/C=N/NC(=O)c2ccc3ccccc3c2)c(C)n1-c1ccccc1. The fourth-order valence-electron chi connectivity index (χ4n) is 3.45. The molecule has 0 fully saturated rings. The van der Waals surface area contributed by atoms with Crippen LogP contribution in [0.4, 0.5) is 0 Å². The first-order valence-electron chi connectivity index (χ1n) is 9.20. The van der Waals surface area contributed by atoms with Gasteiger partial charge in [-0.3, -0.25) is 4.79 Å². The number of hydrazone groups is 1. The summed E-state index contributed by atoms with van der Waals surface area (Å²) >= 11 is 0. The average Bonchev–Trinajstić information content (AvgIpc) is 3.01. The third-order valence-electron chi connectivity index (χ3n) is 4.87. The Morgan fingerprint density at radius 2 is 1.61 bits per heavy atom. The number of amides is 1. The topological polar surface area (TPSA) is 46.4 Å². The van der Waals surface area contributed by atoms with Crippen molar-refractivity contribution in [2.45, 2.75) is 13.8 Å². The van der Waals surface area contributed by atoms with Crippen molar-refractivity contribution in [1.29, 1.82) is 0 Å². The van der Waals surface area contributed by atoms with Crippen molar-refractivity contribution >= 4 is 22.9 Å². The highest BCUT2D eigenvalue weighted by atomic mass is 16.2. The molecule has 0 aliphatic carbocycles. The second kappa shape index (κ2) is 7.53. The van der Waals surface area contributed by atoms with E-state index in [1.807, 2.05) is 67.6 Å². The summed E-state index contributed by atoms with van der Waals surface area (Å²) in [6.45, 7) is 4.11. The summed E-state index contributed by atoms with van der Waals surface area (Å²) < 4.78 is 2.17. The minimum absolute atomic E-state index is 0.223. The van der Waals surface area contributed by atoms with Crippen molar-refractivity contribution in [2.75, 3.05) is 0 Å². The van der Waals surface area contributed by atoms with Crippen molar-refractivity contribution in [2.24, 2.45) is 5.10 Å². The van der Waals surface area contributed by atoms with Gasteiger partial charge < -0.3 is 4.57 Å². The lowest BCUT2D eigenvalue weighted by molar-refractivity contribution is 0.0955. The number of rotatable bonds is 4. The molecule has 0 aliphatic rings. The number of nitrogens with one attached hydrogen (secondary N) is 1. The molecule has 3 aromatic carbocycles. The molecule has 4 aromatic rings. The van der Waals surface area contributed by atoms with Gasteiger partial charge in [-0.1, -0.05) is 48.5 Å². The lowest BCUT2D eigenvalue weighted by Crippen LogP contribution is -2.17. The van der Waals surface area contributed by atoms with E-state index in [0.717, 1.165) is 33.4 Å². The molecule has 0 saturated carbocycles. The quantitative estimate of drug-likeness (QED) is 0.400. The molecule has 1 aromatic heterocycles. The molecule has 28 heavy (non-hydrogen) atoms. The van der Waals surface area contributed by atoms with E-state index in [2.05, 4.69) is 40.2 Å². The molecule has 0 atom stereocenters. The number of aryl methyl sites for hydroxylation is 1. The third-order valence-corrected chi connectivity index (χ3v) is 4.87. The maximum Gasteiger partial charge on any atom is 0.271 e. The zero-order chi connectivity index (χ0) is 19.5. The lowest BCUT2D eigenvalue weighted by atomic mass is 10.1. The summed E-state index contributed by atoms with van der Waals surface area (Å²) in [5.41, 5.74) is 7.49. The molecule has 0 bridgehead atoms. The van der Waals surface area contributed by atoms with Gasteiger partial charge in [-0.25, -0.2) is 5.43 Å². The lowest BCUT2D eigenvalue weighted by Gasteiger charge is -2.09. The fraction of sp³-hybridized carbons (Fsp3) is 0.0833. The maximum absolute atomic E-state index is 12.4. The third kappa shape index (κ3) is 3.45. The van der Waals surface area contributed by atoms with Crippen LogP contribution < -0.4 is 5.43 Å². The number of hydrogen-bond donors (Lipinski definition) is 1. The van der Waals surface area contributed by atoms with Crippen LogP contribution in [0, 0.1) is 13.8 Å². The number of carbonyl (C=O) groups excluding carboxylic acids is 1. The largest absolute Gasteiger partial charge is 0.318 e. The van der Waals surface area contributed by atoms with Crippen molar-refractivity contribution < 1.29 is 4.79 Å². The predicted octanol–water partition coefficient (Wildman–Crippen LogP) is 5.01. The predicted molar refractivity (Wildman–Crippen MR) is 114 cm³/mol. The molecule has 1 amide bonds. The Labute approximate surface area is 164 Å². The average molecular weight is 367 g/mol. The van der Waals surface area contributed by atoms with Crippen LogP contribution in [-0.4, -0.2) is 16.7 Å². The Morgan fingerprint density at radius 1 is 0.893 bits per heavy atom. The van der Waals surface area contributed by atoms with Gasteiger partial charge in [-0.2, -0.15) is 5.10 Å². The fourth-order valence-corrected chi connectivity index (χ4v) is 3.45. The van der Waals surface area contributed by atoms with Gasteiger partial charge >= 0.3 is 0 Å². The number of hydrogen-bond acceptors (Lipinski definition) is 2. The summed E-state index contributed by atoms with van der Waals surface area (Å²) in [7, 11) is 0.